The number of fused-ring (bicyclic) bond motifs is 1. The molecular formula is C18H14Cl2O2. The maximum absolute atomic E-state index is 6.14. The fourth-order valence-electron chi connectivity index (χ4n) is 2.21. The van der Waals surface area contributed by atoms with Gasteiger partial charge in [0.15, 0.2) is 0 Å². The van der Waals surface area contributed by atoms with Crippen LogP contribution in [-0.2, 0) is 0 Å². The number of rotatable bonds is 4. The number of benzene rings is 3. The topological polar surface area (TPSA) is 18.5 Å². The number of ether oxygens (including phenoxy) is 2. The minimum absolute atomic E-state index is 0.413. The van der Waals surface area contributed by atoms with Crippen LogP contribution < -0.4 is 9.47 Å². The summed E-state index contributed by atoms with van der Waals surface area (Å²) in [6.45, 7) is 2.62. The van der Waals surface area contributed by atoms with Crippen molar-refractivity contribution in [3.05, 3.63) is 64.6 Å². The molecule has 0 bridgehead atoms. The van der Waals surface area contributed by atoms with Crippen molar-refractivity contribution in [1.82, 2.24) is 0 Å². The summed E-state index contributed by atoms with van der Waals surface area (Å²) in [6.07, 6.45) is 0. The molecule has 3 aromatic carbocycles. The predicted molar refractivity (Wildman–Crippen MR) is 91.7 cm³/mol. The predicted octanol–water partition coefficient (Wildman–Crippen LogP) is 6.34. The number of hydrogen-bond donors (Lipinski definition) is 0. The molecule has 0 heterocycles. The van der Waals surface area contributed by atoms with Crippen molar-refractivity contribution in [3.8, 4) is 17.2 Å². The fourth-order valence-corrected chi connectivity index (χ4v) is 2.54. The van der Waals surface area contributed by atoms with E-state index in [2.05, 4.69) is 0 Å². The molecule has 0 unspecified atom stereocenters. The lowest BCUT2D eigenvalue weighted by molar-refractivity contribution is 0.341. The fraction of sp³-hybridized carbons (Fsp3) is 0.111. The first kappa shape index (κ1) is 15.0. The van der Waals surface area contributed by atoms with Gasteiger partial charge in [-0.25, -0.2) is 0 Å². The first-order valence-corrected chi connectivity index (χ1v) is 7.71. The van der Waals surface area contributed by atoms with E-state index in [-0.39, 0.29) is 0 Å². The van der Waals surface area contributed by atoms with Crippen molar-refractivity contribution in [1.29, 1.82) is 0 Å². The highest BCUT2D eigenvalue weighted by atomic mass is 35.5. The molecule has 3 rings (SSSR count). The van der Waals surface area contributed by atoms with Gasteiger partial charge < -0.3 is 9.47 Å². The van der Waals surface area contributed by atoms with Gasteiger partial charge in [-0.15, -0.1) is 0 Å². The smallest absolute Gasteiger partial charge is 0.147 e. The van der Waals surface area contributed by atoms with Crippen LogP contribution >= 0.6 is 23.2 Å². The van der Waals surface area contributed by atoms with Crippen LogP contribution in [0.15, 0.2) is 54.6 Å². The van der Waals surface area contributed by atoms with Gasteiger partial charge in [0.25, 0.3) is 0 Å². The van der Waals surface area contributed by atoms with Crippen LogP contribution in [0.25, 0.3) is 10.8 Å². The van der Waals surface area contributed by atoms with E-state index in [0.29, 0.717) is 28.2 Å². The average Bonchev–Trinajstić information content (AvgIpc) is 2.52. The first-order chi connectivity index (χ1) is 10.7. The largest absolute Gasteiger partial charge is 0.494 e. The summed E-state index contributed by atoms with van der Waals surface area (Å²) in [7, 11) is 0. The second-order valence-corrected chi connectivity index (χ2v) is 5.54. The monoisotopic (exact) mass is 332 g/mol. The third-order valence-corrected chi connectivity index (χ3v) is 4.04. The van der Waals surface area contributed by atoms with E-state index in [1.807, 2.05) is 43.3 Å². The Hall–Kier alpha value is -1.90. The molecule has 0 N–H and O–H groups in total. The van der Waals surface area contributed by atoms with Gasteiger partial charge in [0.1, 0.15) is 22.3 Å². The maximum Gasteiger partial charge on any atom is 0.147 e. The van der Waals surface area contributed by atoms with Crippen LogP contribution in [0.2, 0.25) is 10.0 Å². The van der Waals surface area contributed by atoms with Gasteiger partial charge in [0, 0.05) is 0 Å². The molecule has 0 amide bonds. The molecule has 4 heteroatoms. The van der Waals surface area contributed by atoms with Crippen LogP contribution in [-0.4, -0.2) is 6.61 Å². The minimum atomic E-state index is 0.413. The molecule has 0 aliphatic carbocycles. The normalized spacial score (nSPS) is 10.7. The number of halogens is 2. The van der Waals surface area contributed by atoms with Gasteiger partial charge in [-0.3, -0.25) is 0 Å². The van der Waals surface area contributed by atoms with Crippen molar-refractivity contribution in [2.75, 3.05) is 6.61 Å². The zero-order valence-corrected chi connectivity index (χ0v) is 13.5. The lowest BCUT2D eigenvalue weighted by Gasteiger charge is -2.10. The van der Waals surface area contributed by atoms with E-state index in [9.17, 15) is 0 Å². The molecule has 0 aliphatic rings. The minimum Gasteiger partial charge on any atom is -0.494 e. The quantitative estimate of drug-likeness (QED) is 0.555. The molecule has 0 aromatic heterocycles. The summed E-state index contributed by atoms with van der Waals surface area (Å²) in [6, 6.07) is 17.1. The van der Waals surface area contributed by atoms with E-state index in [1.54, 1.807) is 18.2 Å². The lowest BCUT2D eigenvalue weighted by Crippen LogP contribution is -1.91. The van der Waals surface area contributed by atoms with E-state index in [4.69, 9.17) is 32.7 Å². The summed E-state index contributed by atoms with van der Waals surface area (Å²) in [5.74, 6) is 2.11. The molecule has 0 fully saturated rings. The Morgan fingerprint density at radius 3 is 2.27 bits per heavy atom. The molecule has 0 spiro atoms. The SMILES string of the molecule is CCOc1ccc2cc(Oc3cccc(Cl)c3Cl)ccc2c1. The van der Waals surface area contributed by atoms with Crippen LogP contribution in [0.1, 0.15) is 6.92 Å². The Morgan fingerprint density at radius 1 is 0.864 bits per heavy atom. The van der Waals surface area contributed by atoms with Gasteiger partial charge in [-0.1, -0.05) is 41.4 Å². The Kier molecular flexibility index (Phi) is 4.41. The Balaban J connectivity index is 1.92. The zero-order chi connectivity index (χ0) is 15.5. The van der Waals surface area contributed by atoms with Gasteiger partial charge in [0.2, 0.25) is 0 Å². The molecule has 0 aliphatic heterocycles. The standard InChI is InChI=1S/C18H14Cl2O2/c1-2-21-14-8-6-13-11-15(9-7-12(13)10-14)22-17-5-3-4-16(19)18(17)20/h3-11H,2H2,1H3. The van der Waals surface area contributed by atoms with Crippen molar-refractivity contribution < 1.29 is 9.47 Å². The van der Waals surface area contributed by atoms with Crippen LogP contribution in [0.3, 0.4) is 0 Å². The molecule has 0 saturated carbocycles. The van der Waals surface area contributed by atoms with Gasteiger partial charge in [0.05, 0.1) is 11.6 Å². The van der Waals surface area contributed by atoms with Crippen molar-refractivity contribution in [2.24, 2.45) is 0 Å². The third-order valence-electron chi connectivity index (χ3n) is 3.24. The molecule has 0 saturated heterocycles. The Morgan fingerprint density at radius 2 is 1.55 bits per heavy atom. The van der Waals surface area contributed by atoms with Gasteiger partial charge in [-0.2, -0.15) is 0 Å². The first-order valence-electron chi connectivity index (χ1n) is 6.96. The molecular weight excluding hydrogens is 319 g/mol. The summed E-state index contributed by atoms with van der Waals surface area (Å²) >= 11 is 12.1. The summed E-state index contributed by atoms with van der Waals surface area (Å²) in [5, 5.41) is 3.05. The van der Waals surface area contributed by atoms with E-state index >= 15 is 0 Å². The second-order valence-electron chi connectivity index (χ2n) is 4.76. The summed E-state index contributed by atoms with van der Waals surface area (Å²) < 4.78 is 11.3. The van der Waals surface area contributed by atoms with Crippen molar-refractivity contribution in [2.45, 2.75) is 6.92 Å². The highest BCUT2D eigenvalue weighted by molar-refractivity contribution is 6.42. The molecule has 112 valence electrons. The number of hydrogen-bond acceptors (Lipinski definition) is 2. The summed E-state index contributed by atoms with van der Waals surface area (Å²) in [5.41, 5.74) is 0. The van der Waals surface area contributed by atoms with Crippen LogP contribution in [0.5, 0.6) is 17.2 Å². The molecule has 22 heavy (non-hydrogen) atoms. The highest BCUT2D eigenvalue weighted by Gasteiger charge is 2.07. The van der Waals surface area contributed by atoms with Crippen molar-refractivity contribution in [3.63, 3.8) is 0 Å². The van der Waals surface area contributed by atoms with E-state index in [1.165, 1.54) is 0 Å². The molecule has 0 radical (unpaired) electrons. The average molecular weight is 333 g/mol. The highest BCUT2D eigenvalue weighted by Crippen LogP contribution is 2.35. The van der Waals surface area contributed by atoms with Crippen LogP contribution in [0.4, 0.5) is 0 Å². The van der Waals surface area contributed by atoms with Crippen LogP contribution in [0, 0.1) is 0 Å². The third kappa shape index (κ3) is 3.13. The second kappa shape index (κ2) is 6.47. The Labute approximate surface area is 139 Å². The molecule has 3 aromatic rings. The Bertz CT molecular complexity index is 815. The van der Waals surface area contributed by atoms with Gasteiger partial charge in [-0.05, 0) is 54.1 Å². The van der Waals surface area contributed by atoms with E-state index in [0.717, 1.165) is 16.5 Å². The summed E-state index contributed by atoms with van der Waals surface area (Å²) in [4.78, 5) is 0. The maximum atomic E-state index is 6.14. The lowest BCUT2D eigenvalue weighted by atomic mass is 10.1. The molecule has 0 atom stereocenters. The zero-order valence-electron chi connectivity index (χ0n) is 12.0. The molecule has 2 nitrogen and oxygen atoms in total. The van der Waals surface area contributed by atoms with E-state index < -0.39 is 0 Å². The van der Waals surface area contributed by atoms with Crippen molar-refractivity contribution >= 4 is 34.0 Å². The van der Waals surface area contributed by atoms with Gasteiger partial charge >= 0.3 is 0 Å².